The second-order valence-electron chi connectivity index (χ2n) is 5.61. The van der Waals surface area contributed by atoms with Gasteiger partial charge >= 0.3 is 0 Å². The summed E-state index contributed by atoms with van der Waals surface area (Å²) in [5, 5.41) is 2.83. The molecule has 1 saturated heterocycles. The van der Waals surface area contributed by atoms with Gasteiger partial charge in [-0.05, 0) is 37.1 Å². The maximum atomic E-state index is 12.1. The van der Waals surface area contributed by atoms with Gasteiger partial charge in [-0.15, -0.1) is 0 Å². The summed E-state index contributed by atoms with van der Waals surface area (Å²) < 4.78 is 16.7. The summed E-state index contributed by atoms with van der Waals surface area (Å²) in [5.74, 6) is 1.10. The molecule has 126 valence electrons. The molecule has 5 heteroatoms. The van der Waals surface area contributed by atoms with Crippen molar-refractivity contribution in [3.05, 3.63) is 54.6 Å². The van der Waals surface area contributed by atoms with Gasteiger partial charge < -0.3 is 19.5 Å². The van der Waals surface area contributed by atoms with E-state index in [0.717, 1.165) is 19.4 Å². The monoisotopic (exact) mass is 327 g/mol. The summed E-state index contributed by atoms with van der Waals surface area (Å²) in [5.41, 5.74) is 0.618. The van der Waals surface area contributed by atoms with Crippen molar-refractivity contribution in [1.82, 2.24) is 0 Å². The highest BCUT2D eigenvalue weighted by Gasteiger charge is 2.16. The smallest absolute Gasteiger partial charge is 0.250 e. The molecule has 1 unspecified atom stereocenters. The highest BCUT2D eigenvalue weighted by Crippen LogP contribution is 2.29. The first-order valence-corrected chi connectivity index (χ1v) is 8.12. The largest absolute Gasteiger partial charge is 0.455 e. The molecule has 1 aliphatic heterocycles. The zero-order valence-corrected chi connectivity index (χ0v) is 13.4. The predicted octanol–water partition coefficient (Wildman–Crippen LogP) is 3.61. The van der Waals surface area contributed by atoms with E-state index < -0.39 is 0 Å². The van der Waals surface area contributed by atoms with E-state index in [1.54, 1.807) is 6.07 Å². The fourth-order valence-electron chi connectivity index (χ4n) is 2.52. The van der Waals surface area contributed by atoms with Gasteiger partial charge in [0.2, 0.25) is 5.91 Å². The molecule has 0 bridgehead atoms. The lowest BCUT2D eigenvalue weighted by atomic mass is 10.2. The van der Waals surface area contributed by atoms with Gasteiger partial charge in [-0.3, -0.25) is 4.79 Å². The SMILES string of the molecule is O=C(COCC1CCCO1)Nc1ccccc1Oc1ccccc1. The number of carbonyl (C=O) groups excluding carboxylic acids is 1. The first-order valence-electron chi connectivity index (χ1n) is 8.12. The van der Waals surface area contributed by atoms with Crippen LogP contribution in [0.15, 0.2) is 54.6 Å². The zero-order chi connectivity index (χ0) is 16.6. The quantitative estimate of drug-likeness (QED) is 0.844. The van der Waals surface area contributed by atoms with E-state index in [4.69, 9.17) is 14.2 Å². The maximum Gasteiger partial charge on any atom is 0.250 e. The lowest BCUT2D eigenvalue weighted by molar-refractivity contribution is -0.121. The summed E-state index contributed by atoms with van der Waals surface area (Å²) in [6, 6.07) is 16.8. The van der Waals surface area contributed by atoms with Gasteiger partial charge in [0, 0.05) is 6.61 Å². The molecule has 1 aliphatic rings. The Bertz CT molecular complexity index is 653. The van der Waals surface area contributed by atoms with Crippen LogP contribution in [0.1, 0.15) is 12.8 Å². The number of hydrogen-bond acceptors (Lipinski definition) is 4. The Hall–Kier alpha value is -2.37. The van der Waals surface area contributed by atoms with Crippen LogP contribution in [0.2, 0.25) is 0 Å². The lowest BCUT2D eigenvalue weighted by Crippen LogP contribution is -2.22. The van der Waals surface area contributed by atoms with Gasteiger partial charge in [0.25, 0.3) is 0 Å². The number of para-hydroxylation sites is 3. The maximum absolute atomic E-state index is 12.1. The minimum absolute atomic E-state index is 0.000465. The van der Waals surface area contributed by atoms with E-state index in [2.05, 4.69) is 5.32 Å². The third kappa shape index (κ3) is 4.81. The fourth-order valence-corrected chi connectivity index (χ4v) is 2.52. The topological polar surface area (TPSA) is 56.8 Å². The van der Waals surface area contributed by atoms with Gasteiger partial charge in [0.05, 0.1) is 18.4 Å². The molecule has 0 aliphatic carbocycles. The number of hydrogen-bond donors (Lipinski definition) is 1. The third-order valence-electron chi connectivity index (χ3n) is 3.69. The number of benzene rings is 2. The molecule has 2 aromatic carbocycles. The summed E-state index contributed by atoms with van der Waals surface area (Å²) in [6.45, 7) is 1.24. The average molecular weight is 327 g/mol. The van der Waals surface area contributed by atoms with Crippen molar-refractivity contribution in [2.75, 3.05) is 25.1 Å². The summed E-state index contributed by atoms with van der Waals surface area (Å²) >= 11 is 0. The van der Waals surface area contributed by atoms with E-state index in [1.165, 1.54) is 0 Å². The number of ether oxygens (including phenoxy) is 3. The molecule has 0 saturated carbocycles. The standard InChI is InChI=1S/C19H21NO4/c21-19(14-22-13-16-9-6-12-23-16)20-17-10-4-5-11-18(17)24-15-7-2-1-3-8-15/h1-5,7-8,10-11,16H,6,9,12-14H2,(H,20,21). The molecule has 0 radical (unpaired) electrons. The normalized spacial score (nSPS) is 16.8. The average Bonchev–Trinajstić information content (AvgIpc) is 3.11. The molecule has 2 aromatic rings. The second kappa shape index (κ2) is 8.47. The van der Waals surface area contributed by atoms with Crippen LogP contribution in [-0.2, 0) is 14.3 Å². The van der Waals surface area contributed by atoms with Crippen LogP contribution in [0.4, 0.5) is 5.69 Å². The third-order valence-corrected chi connectivity index (χ3v) is 3.69. The molecule has 3 rings (SSSR count). The van der Waals surface area contributed by atoms with Gasteiger partial charge in [0.1, 0.15) is 12.4 Å². The lowest BCUT2D eigenvalue weighted by Gasteiger charge is -2.13. The first-order chi connectivity index (χ1) is 11.8. The van der Waals surface area contributed by atoms with Crippen LogP contribution >= 0.6 is 0 Å². The number of nitrogens with one attached hydrogen (secondary N) is 1. The predicted molar refractivity (Wildman–Crippen MR) is 91.4 cm³/mol. The van der Waals surface area contributed by atoms with Gasteiger partial charge in [-0.2, -0.15) is 0 Å². The van der Waals surface area contributed by atoms with E-state index in [0.29, 0.717) is 23.8 Å². The second-order valence-corrected chi connectivity index (χ2v) is 5.61. The van der Waals surface area contributed by atoms with Crippen molar-refractivity contribution >= 4 is 11.6 Å². The van der Waals surface area contributed by atoms with Crippen LogP contribution in [-0.4, -0.2) is 31.8 Å². The number of carbonyl (C=O) groups is 1. The van der Waals surface area contributed by atoms with Crippen molar-refractivity contribution in [1.29, 1.82) is 0 Å². The van der Waals surface area contributed by atoms with Gasteiger partial charge in [-0.1, -0.05) is 30.3 Å². The minimum atomic E-state index is -0.211. The molecule has 0 aromatic heterocycles. The number of rotatable bonds is 7. The van der Waals surface area contributed by atoms with E-state index >= 15 is 0 Å². The molecule has 0 spiro atoms. The van der Waals surface area contributed by atoms with E-state index in [9.17, 15) is 4.79 Å². The molecule has 1 atom stereocenters. The number of amides is 1. The number of anilines is 1. The van der Waals surface area contributed by atoms with Crippen LogP contribution in [0.5, 0.6) is 11.5 Å². The Morgan fingerprint density at radius 1 is 1.12 bits per heavy atom. The highest BCUT2D eigenvalue weighted by molar-refractivity contribution is 5.93. The van der Waals surface area contributed by atoms with Crippen molar-refractivity contribution in [3.8, 4) is 11.5 Å². The Kier molecular flexibility index (Phi) is 5.82. The highest BCUT2D eigenvalue weighted by atomic mass is 16.5. The molecular weight excluding hydrogens is 306 g/mol. The minimum Gasteiger partial charge on any atom is -0.455 e. The van der Waals surface area contributed by atoms with Crippen molar-refractivity contribution in [3.63, 3.8) is 0 Å². The van der Waals surface area contributed by atoms with Crippen molar-refractivity contribution in [2.45, 2.75) is 18.9 Å². The molecular formula is C19H21NO4. The molecule has 5 nitrogen and oxygen atoms in total. The molecule has 1 N–H and O–H groups in total. The Morgan fingerprint density at radius 3 is 2.71 bits per heavy atom. The van der Waals surface area contributed by atoms with Crippen LogP contribution < -0.4 is 10.1 Å². The van der Waals surface area contributed by atoms with Gasteiger partial charge in [0.15, 0.2) is 5.75 Å². The summed E-state index contributed by atoms with van der Waals surface area (Å²) in [4.78, 5) is 12.1. The van der Waals surface area contributed by atoms with Crippen molar-refractivity contribution in [2.24, 2.45) is 0 Å². The first kappa shape index (κ1) is 16.5. The Labute approximate surface area is 141 Å². The molecule has 1 fully saturated rings. The molecule has 24 heavy (non-hydrogen) atoms. The van der Waals surface area contributed by atoms with Crippen molar-refractivity contribution < 1.29 is 19.0 Å². The van der Waals surface area contributed by atoms with E-state index in [1.807, 2.05) is 48.5 Å². The molecule has 1 amide bonds. The van der Waals surface area contributed by atoms with Gasteiger partial charge in [-0.25, -0.2) is 0 Å². The molecule has 1 heterocycles. The van der Waals surface area contributed by atoms with Crippen LogP contribution in [0.25, 0.3) is 0 Å². The summed E-state index contributed by atoms with van der Waals surface area (Å²) in [6.07, 6.45) is 2.17. The van der Waals surface area contributed by atoms with E-state index in [-0.39, 0.29) is 18.6 Å². The Morgan fingerprint density at radius 2 is 1.92 bits per heavy atom. The summed E-state index contributed by atoms with van der Waals surface area (Å²) in [7, 11) is 0. The Balaban J connectivity index is 1.53. The van der Waals surface area contributed by atoms with Crippen LogP contribution in [0.3, 0.4) is 0 Å². The fraction of sp³-hybridized carbons (Fsp3) is 0.316. The van der Waals surface area contributed by atoms with Crippen LogP contribution in [0, 0.1) is 0 Å². The zero-order valence-electron chi connectivity index (χ0n) is 13.4.